The van der Waals surface area contributed by atoms with Gasteiger partial charge in [0.25, 0.3) is 5.91 Å². The van der Waals surface area contributed by atoms with Crippen molar-refractivity contribution in [3.05, 3.63) is 29.3 Å². The molecule has 1 amide bonds. The predicted octanol–water partition coefficient (Wildman–Crippen LogP) is 2.75. The van der Waals surface area contributed by atoms with Crippen molar-refractivity contribution in [2.45, 2.75) is 46.1 Å². The summed E-state index contributed by atoms with van der Waals surface area (Å²) in [7, 11) is 0. The largest absolute Gasteiger partial charge is 0.483 e. The highest BCUT2D eigenvalue weighted by atomic mass is 16.5. The van der Waals surface area contributed by atoms with Gasteiger partial charge in [-0.2, -0.15) is 0 Å². The first-order valence-electron chi connectivity index (χ1n) is 7.56. The molecule has 114 valence electrons. The lowest BCUT2D eigenvalue weighted by Gasteiger charge is -2.20. The van der Waals surface area contributed by atoms with Crippen LogP contribution in [0.2, 0.25) is 0 Å². The predicted molar refractivity (Wildman–Crippen MR) is 81.6 cm³/mol. The van der Waals surface area contributed by atoms with E-state index in [-0.39, 0.29) is 24.3 Å². The van der Waals surface area contributed by atoms with E-state index in [1.165, 1.54) is 0 Å². The number of carbonyl (C=O) groups excluding carboxylic acids is 2. The van der Waals surface area contributed by atoms with E-state index < -0.39 is 0 Å². The van der Waals surface area contributed by atoms with E-state index in [4.69, 9.17) is 4.74 Å². The minimum Gasteiger partial charge on any atom is -0.483 e. The topological polar surface area (TPSA) is 55.4 Å². The van der Waals surface area contributed by atoms with Crippen LogP contribution in [0.15, 0.2) is 18.2 Å². The van der Waals surface area contributed by atoms with Crippen molar-refractivity contribution < 1.29 is 14.3 Å². The van der Waals surface area contributed by atoms with Crippen molar-refractivity contribution in [1.29, 1.82) is 0 Å². The summed E-state index contributed by atoms with van der Waals surface area (Å²) in [6.07, 6.45) is 2.28. The van der Waals surface area contributed by atoms with Crippen LogP contribution in [0.3, 0.4) is 0 Å². The Morgan fingerprint density at radius 2 is 2.05 bits per heavy atom. The van der Waals surface area contributed by atoms with E-state index in [1.54, 1.807) is 0 Å². The Kier molecular flexibility index (Phi) is 4.99. The summed E-state index contributed by atoms with van der Waals surface area (Å²) >= 11 is 0. The Balaban J connectivity index is 1.99. The number of hydrogen-bond donors (Lipinski definition) is 1. The van der Waals surface area contributed by atoms with Crippen molar-refractivity contribution in [2.24, 2.45) is 5.92 Å². The zero-order valence-electron chi connectivity index (χ0n) is 12.9. The van der Waals surface area contributed by atoms with Gasteiger partial charge in [0.2, 0.25) is 0 Å². The molecule has 4 heteroatoms. The molecule has 0 heterocycles. The smallest absolute Gasteiger partial charge is 0.258 e. The molecule has 1 aromatic rings. The number of hydrogen-bond acceptors (Lipinski definition) is 3. The van der Waals surface area contributed by atoms with Crippen LogP contribution < -0.4 is 10.1 Å². The fourth-order valence-electron chi connectivity index (χ4n) is 2.39. The summed E-state index contributed by atoms with van der Waals surface area (Å²) in [5, 5.41) is 2.91. The van der Waals surface area contributed by atoms with Gasteiger partial charge in [0.15, 0.2) is 12.4 Å². The summed E-state index contributed by atoms with van der Waals surface area (Å²) in [4.78, 5) is 23.7. The maximum atomic E-state index is 11.9. The van der Waals surface area contributed by atoms with Crippen LogP contribution in [0, 0.1) is 5.92 Å². The highest BCUT2D eigenvalue weighted by Gasteiger charge is 2.20. The van der Waals surface area contributed by atoms with Gasteiger partial charge in [0.1, 0.15) is 5.75 Å². The monoisotopic (exact) mass is 289 g/mol. The maximum absolute atomic E-state index is 11.9. The number of ether oxygens (including phenoxy) is 1. The Morgan fingerprint density at radius 3 is 2.76 bits per heavy atom. The minimum absolute atomic E-state index is 0.0122. The quantitative estimate of drug-likeness (QED) is 0.906. The van der Waals surface area contributed by atoms with E-state index in [1.807, 2.05) is 25.1 Å². The summed E-state index contributed by atoms with van der Waals surface area (Å²) < 4.78 is 5.63. The van der Waals surface area contributed by atoms with Gasteiger partial charge >= 0.3 is 0 Å². The summed E-state index contributed by atoms with van der Waals surface area (Å²) in [6.45, 7) is 6.09. The molecule has 0 saturated carbocycles. The first kappa shape index (κ1) is 15.5. The number of nitrogens with one attached hydrogen (secondary N) is 1. The first-order chi connectivity index (χ1) is 9.99. The third-order valence-electron chi connectivity index (χ3n) is 4.01. The second-order valence-electron chi connectivity index (χ2n) is 5.95. The van der Waals surface area contributed by atoms with Crippen molar-refractivity contribution >= 4 is 11.7 Å². The molecule has 2 rings (SSSR count). The fraction of sp³-hybridized carbons (Fsp3) is 0.529. The molecule has 1 aliphatic rings. The number of fused-ring (bicyclic) bond motifs is 1. The summed E-state index contributed by atoms with van der Waals surface area (Å²) in [6, 6.07) is 5.60. The molecule has 1 N–H and O–H groups in total. The highest BCUT2D eigenvalue weighted by Crippen LogP contribution is 2.29. The van der Waals surface area contributed by atoms with Crippen molar-refractivity contribution in [3.8, 4) is 5.75 Å². The molecule has 1 unspecified atom stereocenters. The standard InChI is InChI=1S/C17H23NO3/c1-11(2)12(3)18-17(20)10-21-16-9-5-6-13-14(16)7-4-8-15(13)19/h5-6,9,11-12H,4,7-8,10H2,1-3H3,(H,18,20). The van der Waals surface area contributed by atoms with E-state index >= 15 is 0 Å². The minimum atomic E-state index is -0.129. The van der Waals surface area contributed by atoms with Gasteiger partial charge in [0, 0.05) is 23.6 Å². The van der Waals surface area contributed by atoms with Crippen molar-refractivity contribution in [2.75, 3.05) is 6.61 Å². The van der Waals surface area contributed by atoms with Gasteiger partial charge in [0.05, 0.1) is 0 Å². The molecule has 0 bridgehead atoms. The third kappa shape index (κ3) is 3.84. The second-order valence-corrected chi connectivity index (χ2v) is 5.95. The molecule has 0 aromatic heterocycles. The van der Waals surface area contributed by atoms with E-state index in [9.17, 15) is 9.59 Å². The zero-order valence-corrected chi connectivity index (χ0v) is 12.9. The second kappa shape index (κ2) is 6.74. The number of Topliss-reactive ketones (excluding diaryl/α,β-unsaturated/α-hetero) is 1. The van der Waals surface area contributed by atoms with Gasteiger partial charge in [-0.1, -0.05) is 26.0 Å². The highest BCUT2D eigenvalue weighted by molar-refractivity contribution is 5.99. The Bertz CT molecular complexity index is 537. The van der Waals surface area contributed by atoms with Gasteiger partial charge in [-0.3, -0.25) is 9.59 Å². The van der Waals surface area contributed by atoms with Gasteiger partial charge in [-0.25, -0.2) is 0 Å². The molecule has 1 atom stereocenters. The number of carbonyl (C=O) groups is 2. The lowest BCUT2D eigenvalue weighted by molar-refractivity contribution is -0.124. The Labute approximate surface area is 125 Å². The average molecular weight is 289 g/mol. The lowest BCUT2D eigenvalue weighted by Crippen LogP contribution is -2.39. The molecule has 21 heavy (non-hydrogen) atoms. The number of benzene rings is 1. The van der Waals surface area contributed by atoms with Crippen LogP contribution in [0.4, 0.5) is 0 Å². The molecule has 0 radical (unpaired) electrons. The number of rotatable bonds is 5. The van der Waals surface area contributed by atoms with Crippen LogP contribution in [0.5, 0.6) is 5.75 Å². The first-order valence-corrected chi connectivity index (χ1v) is 7.56. The SMILES string of the molecule is CC(C)C(C)NC(=O)COc1cccc2c1CCCC2=O. The van der Waals surface area contributed by atoms with Crippen LogP contribution in [-0.2, 0) is 11.2 Å². The lowest BCUT2D eigenvalue weighted by atomic mass is 9.90. The fourth-order valence-corrected chi connectivity index (χ4v) is 2.39. The molecular formula is C17H23NO3. The average Bonchev–Trinajstić information content (AvgIpc) is 2.45. The molecule has 4 nitrogen and oxygen atoms in total. The maximum Gasteiger partial charge on any atom is 0.258 e. The molecule has 0 spiro atoms. The molecular weight excluding hydrogens is 266 g/mol. The summed E-state index contributed by atoms with van der Waals surface area (Å²) in [5.74, 6) is 1.08. The van der Waals surface area contributed by atoms with Gasteiger partial charge < -0.3 is 10.1 Å². The number of ketones is 1. The van der Waals surface area contributed by atoms with E-state index in [2.05, 4.69) is 19.2 Å². The van der Waals surface area contributed by atoms with E-state index in [0.717, 1.165) is 24.0 Å². The van der Waals surface area contributed by atoms with Crippen molar-refractivity contribution in [3.63, 3.8) is 0 Å². The van der Waals surface area contributed by atoms with Gasteiger partial charge in [-0.15, -0.1) is 0 Å². The van der Waals surface area contributed by atoms with Crippen molar-refractivity contribution in [1.82, 2.24) is 5.32 Å². The molecule has 0 fully saturated rings. The Morgan fingerprint density at radius 1 is 1.29 bits per heavy atom. The number of amides is 1. The molecule has 0 saturated heterocycles. The summed E-state index contributed by atoms with van der Waals surface area (Å²) in [5.41, 5.74) is 1.69. The molecule has 1 aromatic carbocycles. The normalized spacial score (nSPS) is 15.5. The zero-order chi connectivity index (χ0) is 15.4. The van der Waals surface area contributed by atoms with Crippen LogP contribution >= 0.6 is 0 Å². The van der Waals surface area contributed by atoms with Crippen LogP contribution in [0.1, 0.15) is 49.5 Å². The molecule has 0 aliphatic heterocycles. The van der Waals surface area contributed by atoms with E-state index in [0.29, 0.717) is 18.1 Å². The Hall–Kier alpha value is -1.84. The van der Waals surface area contributed by atoms with Gasteiger partial charge in [-0.05, 0) is 31.7 Å². The van der Waals surface area contributed by atoms with Crippen LogP contribution in [-0.4, -0.2) is 24.3 Å². The third-order valence-corrected chi connectivity index (χ3v) is 4.01. The van der Waals surface area contributed by atoms with Crippen LogP contribution in [0.25, 0.3) is 0 Å². The molecule has 1 aliphatic carbocycles.